The zero-order chi connectivity index (χ0) is 10.6. The molecule has 3 bridgehead atoms. The van der Waals surface area contributed by atoms with Crippen molar-refractivity contribution in [2.45, 2.75) is 42.9 Å². The van der Waals surface area contributed by atoms with Gasteiger partial charge < -0.3 is 9.47 Å². The molecule has 1 heterocycles. The van der Waals surface area contributed by atoms with Crippen LogP contribution >= 0.6 is 15.9 Å². The first-order valence-corrected chi connectivity index (χ1v) is 6.58. The Hall–Kier alpha value is 0.0700. The molecule has 5 atom stereocenters. The van der Waals surface area contributed by atoms with Crippen molar-refractivity contribution in [1.29, 1.82) is 0 Å². The summed E-state index contributed by atoms with van der Waals surface area (Å²) in [5.41, 5.74) is 0. The van der Waals surface area contributed by atoms with E-state index in [2.05, 4.69) is 15.9 Å². The highest BCUT2D eigenvalue weighted by Gasteiger charge is 2.63. The summed E-state index contributed by atoms with van der Waals surface area (Å²) >= 11 is 3.65. The second-order valence-electron chi connectivity index (χ2n) is 4.73. The quantitative estimate of drug-likeness (QED) is 0.722. The van der Waals surface area contributed by atoms with Crippen molar-refractivity contribution in [3.63, 3.8) is 0 Å². The molecule has 84 valence electrons. The first-order chi connectivity index (χ1) is 7.17. The molecule has 1 aliphatic heterocycles. The molecule has 0 unspecified atom stereocenters. The first kappa shape index (κ1) is 10.2. The molecule has 2 aliphatic carbocycles. The Morgan fingerprint density at radius 1 is 1.53 bits per heavy atom. The molecule has 0 spiro atoms. The van der Waals surface area contributed by atoms with E-state index in [1.165, 1.54) is 0 Å². The Morgan fingerprint density at radius 2 is 2.33 bits per heavy atom. The minimum absolute atomic E-state index is 0.171. The maximum absolute atomic E-state index is 11.9. The van der Waals surface area contributed by atoms with Gasteiger partial charge in [0, 0.05) is 18.4 Å². The van der Waals surface area contributed by atoms with E-state index < -0.39 is 5.79 Å². The lowest BCUT2D eigenvalue weighted by Crippen LogP contribution is -2.51. The lowest BCUT2D eigenvalue weighted by atomic mass is 9.70. The van der Waals surface area contributed by atoms with E-state index in [9.17, 15) is 4.79 Å². The van der Waals surface area contributed by atoms with Crippen LogP contribution in [0.5, 0.6) is 0 Å². The number of hydrogen-bond acceptors (Lipinski definition) is 3. The van der Waals surface area contributed by atoms with E-state index in [1.807, 2.05) is 6.92 Å². The van der Waals surface area contributed by atoms with Crippen molar-refractivity contribution in [3.05, 3.63) is 0 Å². The van der Waals surface area contributed by atoms with Gasteiger partial charge in [0.2, 0.25) is 0 Å². The van der Waals surface area contributed by atoms with Crippen molar-refractivity contribution in [2.75, 3.05) is 6.61 Å². The third-order valence-electron chi connectivity index (χ3n) is 3.98. The fourth-order valence-electron chi connectivity index (χ4n) is 3.37. The predicted octanol–water partition coefficient (Wildman–Crippen LogP) is 1.88. The standard InChI is InChI=1S/C11H15BrO3/c1-2-14-11-7-3-6(4-9(11)12)10(13)8(5-7)15-11/h6-9H,2-5H2,1H3/t6-,7-,8-,9+,11+/m0/s1. The summed E-state index contributed by atoms with van der Waals surface area (Å²) in [6.45, 7) is 2.62. The van der Waals surface area contributed by atoms with Gasteiger partial charge in [0.1, 0.15) is 6.10 Å². The van der Waals surface area contributed by atoms with Crippen LogP contribution < -0.4 is 0 Å². The van der Waals surface area contributed by atoms with E-state index in [0.29, 0.717) is 18.3 Å². The Bertz CT molecular complexity index is 304. The predicted molar refractivity (Wildman–Crippen MR) is 57.8 cm³/mol. The minimum atomic E-state index is -0.512. The van der Waals surface area contributed by atoms with Crippen LogP contribution in [0.15, 0.2) is 0 Å². The Labute approximate surface area is 97.6 Å². The van der Waals surface area contributed by atoms with Gasteiger partial charge >= 0.3 is 0 Å². The van der Waals surface area contributed by atoms with Gasteiger partial charge in [-0.1, -0.05) is 15.9 Å². The van der Waals surface area contributed by atoms with Crippen LogP contribution in [0.1, 0.15) is 26.2 Å². The molecule has 2 saturated carbocycles. The number of carbonyl (C=O) groups is 1. The molecule has 15 heavy (non-hydrogen) atoms. The molecule has 0 aromatic rings. The van der Waals surface area contributed by atoms with Gasteiger partial charge in [0.25, 0.3) is 0 Å². The van der Waals surface area contributed by atoms with Gasteiger partial charge in [-0.05, 0) is 26.2 Å². The fraction of sp³-hybridized carbons (Fsp3) is 0.909. The third kappa shape index (κ3) is 1.22. The van der Waals surface area contributed by atoms with E-state index in [4.69, 9.17) is 9.47 Å². The molecule has 0 N–H and O–H groups in total. The highest BCUT2D eigenvalue weighted by atomic mass is 79.9. The zero-order valence-electron chi connectivity index (χ0n) is 8.74. The monoisotopic (exact) mass is 274 g/mol. The average Bonchev–Trinajstić information content (AvgIpc) is 2.49. The summed E-state index contributed by atoms with van der Waals surface area (Å²) in [5, 5.41) is 0. The van der Waals surface area contributed by atoms with Crippen LogP contribution in [0, 0.1) is 11.8 Å². The molecule has 4 heteroatoms. The third-order valence-corrected chi connectivity index (χ3v) is 4.99. The second kappa shape index (κ2) is 3.28. The van der Waals surface area contributed by atoms with Crippen LogP contribution in [0.4, 0.5) is 0 Å². The van der Waals surface area contributed by atoms with Crippen LogP contribution in [0.3, 0.4) is 0 Å². The van der Waals surface area contributed by atoms with Gasteiger partial charge in [-0.2, -0.15) is 0 Å². The van der Waals surface area contributed by atoms with Crippen LogP contribution in [0.2, 0.25) is 0 Å². The molecule has 0 aromatic heterocycles. The Morgan fingerprint density at radius 3 is 3.07 bits per heavy atom. The number of ketones is 1. The second-order valence-corrected chi connectivity index (χ2v) is 5.84. The molecule has 1 saturated heterocycles. The highest BCUT2D eigenvalue weighted by Crippen LogP contribution is 2.55. The number of Topliss-reactive ketones (excluding diaryl/α,β-unsaturated/α-hetero) is 1. The number of rotatable bonds is 2. The topological polar surface area (TPSA) is 35.5 Å². The number of alkyl halides is 1. The Balaban J connectivity index is 1.99. The summed E-state index contributed by atoms with van der Waals surface area (Å²) in [6, 6.07) is 0. The average molecular weight is 275 g/mol. The molecular weight excluding hydrogens is 260 g/mol. The van der Waals surface area contributed by atoms with E-state index in [1.54, 1.807) is 0 Å². The number of halogens is 1. The van der Waals surface area contributed by atoms with Crippen LogP contribution in [-0.2, 0) is 14.3 Å². The smallest absolute Gasteiger partial charge is 0.184 e. The van der Waals surface area contributed by atoms with E-state index >= 15 is 0 Å². The van der Waals surface area contributed by atoms with E-state index in [-0.39, 0.29) is 16.8 Å². The van der Waals surface area contributed by atoms with Crippen LogP contribution in [0.25, 0.3) is 0 Å². The molecule has 3 rings (SSSR count). The normalized spacial score (nSPS) is 52.5. The molecule has 3 aliphatic rings. The van der Waals surface area contributed by atoms with Gasteiger partial charge in [-0.3, -0.25) is 4.79 Å². The minimum Gasteiger partial charge on any atom is -0.349 e. The van der Waals surface area contributed by atoms with Gasteiger partial charge in [0.05, 0.1) is 4.83 Å². The van der Waals surface area contributed by atoms with E-state index in [0.717, 1.165) is 19.3 Å². The Kier molecular flexibility index (Phi) is 2.24. The zero-order valence-corrected chi connectivity index (χ0v) is 10.3. The van der Waals surface area contributed by atoms with Crippen molar-refractivity contribution in [2.24, 2.45) is 11.8 Å². The summed E-state index contributed by atoms with van der Waals surface area (Å²) in [6.07, 6.45) is 2.49. The number of fused-ring (bicyclic) bond motifs is 2. The van der Waals surface area contributed by atoms with Crippen molar-refractivity contribution in [1.82, 2.24) is 0 Å². The molecular formula is C11H15BrO3. The molecule has 3 nitrogen and oxygen atoms in total. The van der Waals surface area contributed by atoms with Crippen molar-refractivity contribution in [3.8, 4) is 0 Å². The summed E-state index contributed by atoms with van der Waals surface area (Å²) in [4.78, 5) is 12.1. The number of carbonyl (C=O) groups excluding carboxylic acids is 1. The van der Waals surface area contributed by atoms with Crippen LogP contribution in [-0.4, -0.2) is 29.1 Å². The molecule has 3 fully saturated rings. The summed E-state index contributed by atoms with van der Waals surface area (Å²) in [5.74, 6) is 0.398. The lowest BCUT2D eigenvalue weighted by Gasteiger charge is -2.42. The maximum Gasteiger partial charge on any atom is 0.184 e. The SMILES string of the molecule is CCO[C@@]12O[C@H]3C[C@@H]1C[C@@H](C[C@H]2Br)C3=O. The number of hydrogen-bond donors (Lipinski definition) is 0. The first-order valence-electron chi connectivity index (χ1n) is 5.67. The lowest BCUT2D eigenvalue weighted by molar-refractivity contribution is -0.239. The highest BCUT2D eigenvalue weighted by molar-refractivity contribution is 9.09. The van der Waals surface area contributed by atoms with Crippen molar-refractivity contribution < 1.29 is 14.3 Å². The van der Waals surface area contributed by atoms with Gasteiger partial charge in [0.15, 0.2) is 11.6 Å². The van der Waals surface area contributed by atoms with Crippen molar-refractivity contribution >= 4 is 21.7 Å². The largest absolute Gasteiger partial charge is 0.349 e. The fourth-order valence-corrected chi connectivity index (χ4v) is 4.44. The molecule has 0 amide bonds. The summed E-state index contributed by atoms with van der Waals surface area (Å²) < 4.78 is 11.7. The molecule has 0 radical (unpaired) electrons. The van der Waals surface area contributed by atoms with Gasteiger partial charge in [-0.25, -0.2) is 0 Å². The number of ether oxygens (including phenoxy) is 2. The summed E-state index contributed by atoms with van der Waals surface area (Å²) in [7, 11) is 0. The molecule has 0 aromatic carbocycles. The maximum atomic E-state index is 11.9. The van der Waals surface area contributed by atoms with Gasteiger partial charge in [-0.15, -0.1) is 0 Å².